The van der Waals surface area contributed by atoms with Crippen LogP contribution in [0.2, 0.25) is 0 Å². The Morgan fingerprint density at radius 1 is 0.550 bits per heavy atom. The summed E-state index contributed by atoms with van der Waals surface area (Å²) in [6.07, 6.45) is 2.35. The van der Waals surface area contributed by atoms with Crippen LogP contribution in [0.3, 0.4) is 0 Å². The molecule has 3 nitrogen and oxygen atoms in total. The van der Waals surface area contributed by atoms with Gasteiger partial charge in [-0.15, -0.1) is 0 Å². The quantitative estimate of drug-likeness (QED) is 0.576. The van der Waals surface area contributed by atoms with E-state index in [4.69, 9.17) is 0 Å². The van der Waals surface area contributed by atoms with Crippen LogP contribution in [0.15, 0.2) is 0 Å². The van der Waals surface area contributed by atoms with Crippen molar-refractivity contribution in [3.63, 3.8) is 0 Å². The molecule has 0 aromatic rings. The van der Waals surface area contributed by atoms with Crippen LogP contribution >= 0.6 is 0 Å². The monoisotopic (exact) mass is 285 g/mol. The van der Waals surface area contributed by atoms with E-state index in [-0.39, 0.29) is 0 Å². The maximum atomic E-state index is 2.57. The van der Waals surface area contributed by atoms with Crippen LogP contribution in [0.25, 0.3) is 0 Å². The summed E-state index contributed by atoms with van der Waals surface area (Å²) in [6.45, 7) is 23.0. The van der Waals surface area contributed by atoms with Crippen molar-refractivity contribution >= 4 is 0 Å². The summed E-state index contributed by atoms with van der Waals surface area (Å²) in [6, 6.07) is 2.61. The second-order valence-electron chi connectivity index (χ2n) is 6.88. The third-order valence-electron chi connectivity index (χ3n) is 4.08. The third-order valence-corrected chi connectivity index (χ3v) is 4.08. The second-order valence-corrected chi connectivity index (χ2v) is 6.88. The summed E-state index contributed by atoms with van der Waals surface area (Å²) >= 11 is 0. The van der Waals surface area contributed by atoms with Crippen molar-refractivity contribution in [1.82, 2.24) is 15.1 Å². The van der Waals surface area contributed by atoms with Crippen LogP contribution in [0, 0.1) is 0 Å². The molecular formula is C17H39N3. The summed E-state index contributed by atoms with van der Waals surface area (Å²) in [5, 5.41) is 7.66. The molecule has 122 valence electrons. The molecule has 0 amide bonds. The fraction of sp³-hybridized carbons (Fsp3) is 1.00. The molecule has 0 saturated heterocycles. The maximum absolute atomic E-state index is 2.57. The molecule has 0 aliphatic carbocycles. The number of nitrogens with zero attached hydrogens (tertiary/aromatic N) is 3. The number of hydrogen-bond donors (Lipinski definition) is 0. The van der Waals surface area contributed by atoms with Gasteiger partial charge in [0.2, 0.25) is 0 Å². The Morgan fingerprint density at radius 3 is 1.00 bits per heavy atom. The lowest BCUT2D eigenvalue weighted by Crippen LogP contribution is -2.64. The molecule has 3 heteroatoms. The van der Waals surface area contributed by atoms with Gasteiger partial charge in [-0.25, -0.2) is 10.0 Å². The highest BCUT2D eigenvalue weighted by atomic mass is 15.9. The highest BCUT2D eigenvalue weighted by Gasteiger charge is 2.33. The Labute approximate surface area is 128 Å². The van der Waals surface area contributed by atoms with E-state index in [1.807, 2.05) is 0 Å². The van der Waals surface area contributed by atoms with E-state index in [2.05, 4.69) is 84.4 Å². The van der Waals surface area contributed by atoms with Crippen molar-refractivity contribution in [2.24, 2.45) is 0 Å². The highest BCUT2D eigenvalue weighted by molar-refractivity contribution is 4.75. The van der Waals surface area contributed by atoms with Gasteiger partial charge in [0.05, 0.1) is 0 Å². The smallest absolute Gasteiger partial charge is 0.0348 e. The molecule has 0 saturated carbocycles. The topological polar surface area (TPSA) is 9.72 Å². The molecular weight excluding hydrogens is 246 g/mol. The van der Waals surface area contributed by atoms with Crippen molar-refractivity contribution in [3.8, 4) is 0 Å². The van der Waals surface area contributed by atoms with Gasteiger partial charge in [-0.3, -0.25) is 0 Å². The van der Waals surface area contributed by atoms with Gasteiger partial charge in [-0.05, 0) is 68.2 Å². The molecule has 0 bridgehead atoms. The Bertz CT molecular complexity index is 229. The van der Waals surface area contributed by atoms with Crippen LogP contribution in [0.1, 0.15) is 82.1 Å². The van der Waals surface area contributed by atoms with E-state index in [0.29, 0.717) is 30.2 Å². The molecule has 2 atom stereocenters. The van der Waals surface area contributed by atoms with Gasteiger partial charge in [-0.2, -0.15) is 5.12 Å². The molecule has 0 spiro atoms. The molecule has 0 rings (SSSR count). The molecule has 0 fully saturated rings. The minimum absolute atomic E-state index is 0.475. The molecule has 0 aromatic heterocycles. The zero-order chi connectivity index (χ0) is 16.0. The van der Waals surface area contributed by atoms with E-state index >= 15 is 0 Å². The van der Waals surface area contributed by atoms with Crippen LogP contribution < -0.4 is 0 Å². The number of rotatable bonds is 9. The number of hydrogen-bond acceptors (Lipinski definition) is 3. The van der Waals surface area contributed by atoms with Gasteiger partial charge < -0.3 is 0 Å². The zero-order valence-corrected chi connectivity index (χ0v) is 15.6. The number of hydrazine groups is 2. The Balaban J connectivity index is 5.55. The predicted molar refractivity (Wildman–Crippen MR) is 90.4 cm³/mol. The lowest BCUT2D eigenvalue weighted by atomic mass is 10.2. The van der Waals surface area contributed by atoms with Crippen LogP contribution in [-0.4, -0.2) is 45.3 Å². The van der Waals surface area contributed by atoms with Crippen molar-refractivity contribution < 1.29 is 0 Å². The van der Waals surface area contributed by atoms with Crippen molar-refractivity contribution in [2.75, 3.05) is 0 Å². The highest BCUT2D eigenvalue weighted by Crippen LogP contribution is 2.23. The first-order chi connectivity index (χ1) is 9.18. The van der Waals surface area contributed by atoms with Crippen LogP contribution in [0.5, 0.6) is 0 Å². The zero-order valence-electron chi connectivity index (χ0n) is 15.6. The molecule has 0 N–H and O–H groups in total. The van der Waals surface area contributed by atoms with E-state index in [1.165, 1.54) is 12.8 Å². The maximum Gasteiger partial charge on any atom is 0.0348 e. The van der Waals surface area contributed by atoms with Crippen molar-refractivity contribution in [1.29, 1.82) is 0 Å². The normalized spacial score (nSPS) is 16.2. The standard InChI is InChI=1S/C17H39N3/c1-11-16(9)18(13(3)4)20(15(7)8)19(14(5)6)17(10)12-2/h13-17H,11-12H2,1-10H3. The van der Waals surface area contributed by atoms with Gasteiger partial charge in [-0.1, -0.05) is 13.8 Å². The Morgan fingerprint density at radius 2 is 0.850 bits per heavy atom. The lowest BCUT2D eigenvalue weighted by molar-refractivity contribution is -0.259. The molecule has 20 heavy (non-hydrogen) atoms. The molecule has 0 radical (unpaired) electrons. The summed E-state index contributed by atoms with van der Waals surface area (Å²) in [5.74, 6) is 0. The van der Waals surface area contributed by atoms with E-state index < -0.39 is 0 Å². The fourth-order valence-electron chi connectivity index (χ4n) is 2.92. The average Bonchev–Trinajstić information content (AvgIpc) is 2.35. The van der Waals surface area contributed by atoms with Gasteiger partial charge in [0.15, 0.2) is 0 Å². The first-order valence-corrected chi connectivity index (χ1v) is 8.54. The summed E-state index contributed by atoms with van der Waals surface area (Å²) in [5.41, 5.74) is 0. The summed E-state index contributed by atoms with van der Waals surface area (Å²) < 4.78 is 0. The third kappa shape index (κ3) is 5.01. The van der Waals surface area contributed by atoms with Gasteiger partial charge in [0.25, 0.3) is 0 Å². The SMILES string of the molecule is CCC(C)N(C(C)C)N(C(C)C)N(C(C)C)C(C)CC. The lowest BCUT2D eigenvalue weighted by Gasteiger charge is -2.52. The molecule has 0 heterocycles. The largest absolute Gasteiger partial charge is 0.222 e. The van der Waals surface area contributed by atoms with Gasteiger partial charge >= 0.3 is 0 Å². The molecule has 2 unspecified atom stereocenters. The first kappa shape index (κ1) is 19.9. The predicted octanol–water partition coefficient (Wildman–Crippen LogP) is 4.54. The molecule has 0 aliphatic heterocycles. The van der Waals surface area contributed by atoms with Crippen LogP contribution in [0.4, 0.5) is 0 Å². The second kappa shape index (κ2) is 9.01. The van der Waals surface area contributed by atoms with E-state index in [9.17, 15) is 0 Å². The summed E-state index contributed by atoms with van der Waals surface area (Å²) in [4.78, 5) is 0. The Hall–Kier alpha value is -0.120. The summed E-state index contributed by atoms with van der Waals surface area (Å²) in [7, 11) is 0. The minimum Gasteiger partial charge on any atom is -0.222 e. The molecule has 0 aromatic carbocycles. The van der Waals surface area contributed by atoms with Gasteiger partial charge in [0, 0.05) is 30.2 Å². The Kier molecular flexibility index (Phi) is 8.96. The first-order valence-electron chi connectivity index (χ1n) is 8.54. The van der Waals surface area contributed by atoms with E-state index in [1.54, 1.807) is 0 Å². The van der Waals surface area contributed by atoms with Crippen molar-refractivity contribution in [2.45, 2.75) is 112 Å². The molecule has 0 aliphatic rings. The van der Waals surface area contributed by atoms with Crippen molar-refractivity contribution in [3.05, 3.63) is 0 Å². The van der Waals surface area contributed by atoms with E-state index in [0.717, 1.165) is 0 Å². The van der Waals surface area contributed by atoms with Gasteiger partial charge in [0.1, 0.15) is 0 Å². The minimum atomic E-state index is 0.475. The fourth-order valence-corrected chi connectivity index (χ4v) is 2.92. The average molecular weight is 286 g/mol. The van der Waals surface area contributed by atoms with Crippen LogP contribution in [-0.2, 0) is 0 Å².